The molecule has 0 aliphatic carbocycles. The van der Waals surface area contributed by atoms with Crippen molar-refractivity contribution in [3.05, 3.63) is 83.0 Å². The highest BCUT2D eigenvalue weighted by Crippen LogP contribution is 2.21. The van der Waals surface area contributed by atoms with Gasteiger partial charge in [0, 0.05) is 16.3 Å². The average Bonchev–Trinajstić information content (AvgIpc) is 3.17. The molecule has 0 bridgehead atoms. The van der Waals surface area contributed by atoms with E-state index in [1.165, 1.54) is 48.7 Å². The van der Waals surface area contributed by atoms with Gasteiger partial charge in [0.05, 0.1) is 24.1 Å². The number of nitrogens with one attached hydrogen (secondary N) is 2. The first kappa shape index (κ1) is 20.1. The van der Waals surface area contributed by atoms with E-state index in [9.17, 15) is 17.6 Å². The summed E-state index contributed by atoms with van der Waals surface area (Å²) in [4.78, 5) is 12.2. The molecule has 0 radical (unpaired) electrons. The van der Waals surface area contributed by atoms with Crippen molar-refractivity contribution in [2.45, 2.75) is 17.9 Å². The Morgan fingerprint density at radius 2 is 1.89 bits per heavy atom. The number of hydrogen-bond acceptors (Lipinski definition) is 4. The lowest BCUT2D eigenvalue weighted by Crippen LogP contribution is -2.23. The lowest BCUT2D eigenvalue weighted by molar-refractivity contribution is -0.115. The summed E-state index contributed by atoms with van der Waals surface area (Å²) in [6.07, 6.45) is 1.17. The Morgan fingerprint density at radius 3 is 2.61 bits per heavy atom. The number of furan rings is 1. The number of amides is 1. The standard InChI is InChI=1S/C19H16ClFN2O4S/c20-17-7-2-8-18(21)16(17)11-19(24)23-13-4-1-6-15(10-13)28(25,26)22-12-14-5-3-9-27-14/h1-10,22H,11-12H2,(H,23,24). The van der Waals surface area contributed by atoms with E-state index in [0.717, 1.165) is 0 Å². The molecule has 2 aromatic carbocycles. The smallest absolute Gasteiger partial charge is 0.241 e. The van der Waals surface area contributed by atoms with E-state index in [-0.39, 0.29) is 34.1 Å². The molecular weight excluding hydrogens is 407 g/mol. The summed E-state index contributed by atoms with van der Waals surface area (Å²) in [7, 11) is -3.81. The van der Waals surface area contributed by atoms with E-state index in [1.807, 2.05) is 0 Å². The van der Waals surface area contributed by atoms with Crippen LogP contribution in [-0.2, 0) is 27.8 Å². The third kappa shape index (κ3) is 4.98. The fraction of sp³-hybridized carbons (Fsp3) is 0.105. The van der Waals surface area contributed by atoms with E-state index in [4.69, 9.17) is 16.0 Å². The number of anilines is 1. The summed E-state index contributed by atoms with van der Waals surface area (Å²) in [6.45, 7) is -0.00228. The first-order valence-electron chi connectivity index (χ1n) is 8.20. The molecule has 1 amide bonds. The minimum absolute atomic E-state index is 0.00228. The second-order valence-electron chi connectivity index (χ2n) is 5.86. The highest BCUT2D eigenvalue weighted by Gasteiger charge is 2.16. The van der Waals surface area contributed by atoms with Crippen molar-refractivity contribution >= 4 is 33.2 Å². The van der Waals surface area contributed by atoms with E-state index < -0.39 is 21.7 Å². The maximum atomic E-state index is 13.8. The predicted molar refractivity (Wildman–Crippen MR) is 103 cm³/mol. The van der Waals surface area contributed by atoms with Crippen molar-refractivity contribution in [1.29, 1.82) is 0 Å². The Labute approximate surface area is 166 Å². The lowest BCUT2D eigenvalue weighted by atomic mass is 10.1. The van der Waals surface area contributed by atoms with Gasteiger partial charge >= 0.3 is 0 Å². The summed E-state index contributed by atoms with van der Waals surface area (Å²) >= 11 is 5.92. The number of carbonyl (C=O) groups excluding carboxylic acids is 1. The van der Waals surface area contributed by atoms with Crippen LogP contribution in [0.3, 0.4) is 0 Å². The van der Waals surface area contributed by atoms with Crippen LogP contribution in [-0.4, -0.2) is 14.3 Å². The molecular formula is C19H16ClFN2O4S. The molecule has 9 heteroatoms. The van der Waals surface area contributed by atoms with Crippen molar-refractivity contribution in [2.24, 2.45) is 0 Å². The number of rotatable bonds is 7. The predicted octanol–water partition coefficient (Wildman–Crippen LogP) is 3.73. The Hall–Kier alpha value is -2.68. The first-order valence-corrected chi connectivity index (χ1v) is 10.1. The number of hydrogen-bond donors (Lipinski definition) is 2. The van der Waals surface area contributed by atoms with Gasteiger partial charge in [0.2, 0.25) is 15.9 Å². The third-order valence-electron chi connectivity index (χ3n) is 3.84. The molecule has 0 spiro atoms. The van der Waals surface area contributed by atoms with Gasteiger partial charge < -0.3 is 9.73 Å². The summed E-state index contributed by atoms with van der Waals surface area (Å²) < 4.78 is 46.1. The summed E-state index contributed by atoms with van der Waals surface area (Å²) in [6, 6.07) is 13.2. The second-order valence-corrected chi connectivity index (χ2v) is 8.03. The van der Waals surface area contributed by atoms with Crippen LogP contribution < -0.4 is 10.0 Å². The summed E-state index contributed by atoms with van der Waals surface area (Å²) in [5, 5.41) is 2.70. The SMILES string of the molecule is O=C(Cc1c(F)cccc1Cl)Nc1cccc(S(=O)(=O)NCc2ccco2)c1. The molecule has 146 valence electrons. The summed E-state index contributed by atoms with van der Waals surface area (Å²) in [5.74, 6) is -0.638. The number of halogens is 2. The van der Waals surface area contributed by atoms with E-state index in [0.29, 0.717) is 5.76 Å². The molecule has 3 rings (SSSR count). The topological polar surface area (TPSA) is 88.4 Å². The number of sulfonamides is 1. The maximum Gasteiger partial charge on any atom is 0.241 e. The average molecular weight is 423 g/mol. The van der Waals surface area contributed by atoms with Gasteiger partial charge in [0.1, 0.15) is 11.6 Å². The van der Waals surface area contributed by atoms with Gasteiger partial charge in [0.25, 0.3) is 0 Å². The molecule has 1 aromatic heterocycles. The second kappa shape index (κ2) is 8.55. The lowest BCUT2D eigenvalue weighted by Gasteiger charge is -2.10. The van der Waals surface area contributed by atoms with Crippen LogP contribution in [0.15, 0.2) is 70.2 Å². The molecule has 0 fully saturated rings. The van der Waals surface area contributed by atoms with Gasteiger partial charge in [-0.25, -0.2) is 17.5 Å². The fourth-order valence-electron chi connectivity index (χ4n) is 2.47. The van der Waals surface area contributed by atoms with Gasteiger partial charge in [-0.2, -0.15) is 0 Å². The normalized spacial score (nSPS) is 11.4. The quantitative estimate of drug-likeness (QED) is 0.607. The number of carbonyl (C=O) groups is 1. The molecule has 0 saturated carbocycles. The fourth-order valence-corrected chi connectivity index (χ4v) is 3.74. The van der Waals surface area contributed by atoms with Gasteiger partial charge in [-0.05, 0) is 42.5 Å². The zero-order valence-corrected chi connectivity index (χ0v) is 16.1. The van der Waals surface area contributed by atoms with Crippen LogP contribution >= 0.6 is 11.6 Å². The van der Waals surface area contributed by atoms with Crippen molar-refractivity contribution < 1.29 is 22.0 Å². The van der Waals surface area contributed by atoms with Crippen LogP contribution in [0.2, 0.25) is 5.02 Å². The van der Waals surface area contributed by atoms with Crippen LogP contribution in [0.4, 0.5) is 10.1 Å². The molecule has 2 N–H and O–H groups in total. The molecule has 0 aliphatic rings. The monoisotopic (exact) mass is 422 g/mol. The molecule has 0 aliphatic heterocycles. The van der Waals surface area contributed by atoms with E-state index in [2.05, 4.69) is 10.0 Å². The van der Waals surface area contributed by atoms with Crippen LogP contribution in [0.5, 0.6) is 0 Å². The zero-order valence-electron chi connectivity index (χ0n) is 14.5. The van der Waals surface area contributed by atoms with Crippen molar-refractivity contribution in [3.8, 4) is 0 Å². The number of benzene rings is 2. The Morgan fingerprint density at radius 1 is 1.11 bits per heavy atom. The van der Waals surface area contributed by atoms with Crippen LogP contribution in [0.25, 0.3) is 0 Å². The molecule has 0 unspecified atom stereocenters. The summed E-state index contributed by atoms with van der Waals surface area (Å²) in [5.41, 5.74) is 0.337. The highest BCUT2D eigenvalue weighted by molar-refractivity contribution is 7.89. The Kier molecular flexibility index (Phi) is 6.13. The molecule has 1 heterocycles. The molecule has 6 nitrogen and oxygen atoms in total. The highest BCUT2D eigenvalue weighted by atomic mass is 35.5. The molecule has 0 saturated heterocycles. The van der Waals surface area contributed by atoms with Gasteiger partial charge in [-0.15, -0.1) is 0 Å². The van der Waals surface area contributed by atoms with Crippen molar-refractivity contribution in [1.82, 2.24) is 4.72 Å². The maximum absolute atomic E-state index is 13.8. The minimum Gasteiger partial charge on any atom is -0.468 e. The molecule has 0 atom stereocenters. The van der Waals surface area contributed by atoms with E-state index >= 15 is 0 Å². The van der Waals surface area contributed by atoms with Crippen LogP contribution in [0.1, 0.15) is 11.3 Å². The van der Waals surface area contributed by atoms with Gasteiger partial charge in [-0.3, -0.25) is 4.79 Å². The zero-order chi connectivity index (χ0) is 20.1. The van der Waals surface area contributed by atoms with Crippen LogP contribution in [0, 0.1) is 5.82 Å². The Balaban J connectivity index is 1.69. The Bertz CT molecular complexity index is 1060. The first-order chi connectivity index (χ1) is 13.3. The van der Waals surface area contributed by atoms with E-state index in [1.54, 1.807) is 12.1 Å². The molecule has 3 aromatic rings. The van der Waals surface area contributed by atoms with Gasteiger partial charge in [-0.1, -0.05) is 23.7 Å². The largest absolute Gasteiger partial charge is 0.468 e. The molecule has 28 heavy (non-hydrogen) atoms. The minimum atomic E-state index is -3.81. The van der Waals surface area contributed by atoms with Crippen molar-refractivity contribution in [2.75, 3.05) is 5.32 Å². The van der Waals surface area contributed by atoms with Crippen molar-refractivity contribution in [3.63, 3.8) is 0 Å². The third-order valence-corrected chi connectivity index (χ3v) is 5.60. The van der Waals surface area contributed by atoms with Gasteiger partial charge in [0.15, 0.2) is 0 Å².